The number of methoxy groups -OCH3 is 1. The summed E-state index contributed by atoms with van der Waals surface area (Å²) in [5, 5.41) is 1.19. The van der Waals surface area contributed by atoms with Gasteiger partial charge in [-0.2, -0.15) is 0 Å². The van der Waals surface area contributed by atoms with Crippen molar-refractivity contribution in [1.29, 1.82) is 0 Å². The summed E-state index contributed by atoms with van der Waals surface area (Å²) in [4.78, 5) is 0. The van der Waals surface area contributed by atoms with E-state index in [0.717, 1.165) is 24.4 Å². The highest BCUT2D eigenvalue weighted by atomic mass is 16.5. The van der Waals surface area contributed by atoms with Crippen molar-refractivity contribution < 1.29 is 13.9 Å². The molecule has 1 aromatic heterocycles. The lowest BCUT2D eigenvalue weighted by molar-refractivity contribution is 0.134. The van der Waals surface area contributed by atoms with E-state index in [2.05, 4.69) is 13.8 Å². The standard InChI is InChI=1S/C18H24O3/c1-5-20-10-14-15-11(2)7-6-8-13(15)17(19-4)18-16(14)12(3)9-21-18/h9,11H,5-8,10H2,1-4H3. The number of hydrogen-bond donors (Lipinski definition) is 0. The van der Waals surface area contributed by atoms with Crippen LogP contribution in [0, 0.1) is 6.92 Å². The first-order chi connectivity index (χ1) is 10.2. The summed E-state index contributed by atoms with van der Waals surface area (Å²) in [6.45, 7) is 7.84. The molecule has 1 aromatic carbocycles. The summed E-state index contributed by atoms with van der Waals surface area (Å²) in [6.07, 6.45) is 5.35. The molecule has 114 valence electrons. The van der Waals surface area contributed by atoms with Gasteiger partial charge in [0.25, 0.3) is 0 Å². The SMILES string of the molecule is CCOCc1c2c(c(OC)c3occ(C)c13)CCCC2C. The van der Waals surface area contributed by atoms with Gasteiger partial charge in [-0.25, -0.2) is 0 Å². The van der Waals surface area contributed by atoms with Crippen LogP contribution in [0.15, 0.2) is 10.7 Å². The van der Waals surface area contributed by atoms with E-state index in [-0.39, 0.29) is 0 Å². The second-order valence-electron chi connectivity index (χ2n) is 5.96. The van der Waals surface area contributed by atoms with Crippen molar-refractivity contribution in [2.24, 2.45) is 0 Å². The maximum atomic E-state index is 5.81. The molecule has 0 radical (unpaired) electrons. The quantitative estimate of drug-likeness (QED) is 0.815. The molecule has 0 fully saturated rings. The maximum absolute atomic E-state index is 5.81. The third-order valence-corrected chi connectivity index (χ3v) is 4.62. The minimum Gasteiger partial charge on any atom is -0.493 e. The van der Waals surface area contributed by atoms with Gasteiger partial charge < -0.3 is 13.9 Å². The molecule has 3 heteroatoms. The summed E-state index contributed by atoms with van der Waals surface area (Å²) in [7, 11) is 1.74. The van der Waals surface area contributed by atoms with Crippen LogP contribution in [0.4, 0.5) is 0 Å². The molecule has 0 saturated heterocycles. The lowest BCUT2D eigenvalue weighted by atomic mass is 9.79. The van der Waals surface area contributed by atoms with E-state index in [4.69, 9.17) is 13.9 Å². The molecule has 2 aromatic rings. The van der Waals surface area contributed by atoms with Crippen LogP contribution in [0.25, 0.3) is 11.0 Å². The van der Waals surface area contributed by atoms with Crippen molar-refractivity contribution in [3.63, 3.8) is 0 Å². The molecule has 0 N–H and O–H groups in total. The van der Waals surface area contributed by atoms with E-state index in [1.807, 2.05) is 13.2 Å². The summed E-state index contributed by atoms with van der Waals surface area (Å²) in [6, 6.07) is 0. The van der Waals surface area contributed by atoms with Gasteiger partial charge in [0.05, 0.1) is 20.0 Å². The Labute approximate surface area is 126 Å². The molecule has 1 aliphatic rings. The van der Waals surface area contributed by atoms with Gasteiger partial charge in [-0.15, -0.1) is 0 Å². The number of fused-ring (bicyclic) bond motifs is 2. The van der Waals surface area contributed by atoms with Gasteiger partial charge in [0, 0.05) is 17.6 Å². The number of benzene rings is 1. The Kier molecular flexibility index (Phi) is 3.94. The molecule has 1 heterocycles. The van der Waals surface area contributed by atoms with Crippen LogP contribution >= 0.6 is 0 Å². The molecule has 3 rings (SSSR count). The van der Waals surface area contributed by atoms with Gasteiger partial charge in [-0.1, -0.05) is 6.92 Å². The zero-order chi connectivity index (χ0) is 15.0. The van der Waals surface area contributed by atoms with Crippen molar-refractivity contribution >= 4 is 11.0 Å². The fourth-order valence-corrected chi connectivity index (χ4v) is 3.70. The first-order valence-corrected chi connectivity index (χ1v) is 7.86. The Morgan fingerprint density at radius 3 is 2.90 bits per heavy atom. The molecule has 21 heavy (non-hydrogen) atoms. The topological polar surface area (TPSA) is 31.6 Å². The average Bonchev–Trinajstić information content (AvgIpc) is 2.86. The van der Waals surface area contributed by atoms with Crippen molar-refractivity contribution in [2.45, 2.75) is 52.6 Å². The minimum absolute atomic E-state index is 0.553. The highest BCUT2D eigenvalue weighted by Gasteiger charge is 2.28. The summed E-state index contributed by atoms with van der Waals surface area (Å²) >= 11 is 0. The molecular formula is C18H24O3. The monoisotopic (exact) mass is 288 g/mol. The van der Waals surface area contributed by atoms with Crippen LogP contribution in [0.3, 0.4) is 0 Å². The van der Waals surface area contributed by atoms with Crippen molar-refractivity contribution in [1.82, 2.24) is 0 Å². The Bertz CT molecular complexity index is 654. The van der Waals surface area contributed by atoms with E-state index in [1.54, 1.807) is 7.11 Å². The molecule has 0 amide bonds. The second-order valence-corrected chi connectivity index (χ2v) is 5.96. The lowest BCUT2D eigenvalue weighted by Crippen LogP contribution is -2.13. The van der Waals surface area contributed by atoms with E-state index in [9.17, 15) is 0 Å². The summed E-state index contributed by atoms with van der Waals surface area (Å²) in [5.74, 6) is 1.48. The van der Waals surface area contributed by atoms with Crippen molar-refractivity contribution in [3.05, 3.63) is 28.5 Å². The molecule has 3 nitrogen and oxygen atoms in total. The van der Waals surface area contributed by atoms with E-state index >= 15 is 0 Å². The molecule has 1 unspecified atom stereocenters. The highest BCUT2D eigenvalue weighted by molar-refractivity contribution is 5.92. The Morgan fingerprint density at radius 2 is 2.19 bits per heavy atom. The van der Waals surface area contributed by atoms with Gasteiger partial charge in [-0.3, -0.25) is 0 Å². The Hall–Kier alpha value is -1.48. The minimum atomic E-state index is 0.553. The third kappa shape index (κ3) is 2.24. The van der Waals surface area contributed by atoms with Gasteiger partial charge in [-0.05, 0) is 55.7 Å². The molecule has 0 bridgehead atoms. The molecule has 0 aliphatic heterocycles. The van der Waals surface area contributed by atoms with E-state index in [1.165, 1.54) is 40.5 Å². The number of furan rings is 1. The van der Waals surface area contributed by atoms with Crippen LogP contribution in [-0.2, 0) is 17.8 Å². The molecule has 1 atom stereocenters. The number of ether oxygens (including phenoxy) is 2. The molecule has 0 spiro atoms. The van der Waals surface area contributed by atoms with Gasteiger partial charge in [0.2, 0.25) is 0 Å². The zero-order valence-corrected chi connectivity index (χ0v) is 13.4. The predicted octanol–water partition coefficient (Wildman–Crippen LogP) is 4.73. The van der Waals surface area contributed by atoms with Crippen LogP contribution in [0.1, 0.15) is 54.9 Å². The van der Waals surface area contributed by atoms with E-state index < -0.39 is 0 Å². The van der Waals surface area contributed by atoms with Crippen LogP contribution < -0.4 is 4.74 Å². The van der Waals surface area contributed by atoms with Crippen molar-refractivity contribution in [3.8, 4) is 5.75 Å². The normalized spacial score (nSPS) is 18.0. The van der Waals surface area contributed by atoms with Crippen molar-refractivity contribution in [2.75, 3.05) is 13.7 Å². The maximum Gasteiger partial charge on any atom is 0.176 e. The highest BCUT2D eigenvalue weighted by Crippen LogP contribution is 2.45. The smallest absolute Gasteiger partial charge is 0.176 e. The van der Waals surface area contributed by atoms with Gasteiger partial charge >= 0.3 is 0 Å². The first kappa shape index (κ1) is 14.5. The molecule has 0 saturated carbocycles. The van der Waals surface area contributed by atoms with Gasteiger partial charge in [0.15, 0.2) is 11.3 Å². The largest absolute Gasteiger partial charge is 0.493 e. The van der Waals surface area contributed by atoms with Gasteiger partial charge in [0.1, 0.15) is 0 Å². The Balaban J connectivity index is 2.34. The Morgan fingerprint density at radius 1 is 1.38 bits per heavy atom. The predicted molar refractivity (Wildman–Crippen MR) is 84.2 cm³/mol. The fraction of sp³-hybridized carbons (Fsp3) is 0.556. The average molecular weight is 288 g/mol. The molecular weight excluding hydrogens is 264 g/mol. The van der Waals surface area contributed by atoms with Crippen LogP contribution in [-0.4, -0.2) is 13.7 Å². The lowest BCUT2D eigenvalue weighted by Gasteiger charge is -2.28. The second kappa shape index (κ2) is 5.72. The fourth-order valence-electron chi connectivity index (χ4n) is 3.70. The van der Waals surface area contributed by atoms with Crippen LogP contribution in [0.2, 0.25) is 0 Å². The number of aryl methyl sites for hydroxylation is 1. The summed E-state index contributed by atoms with van der Waals surface area (Å²) in [5.41, 5.74) is 6.12. The van der Waals surface area contributed by atoms with Crippen LogP contribution in [0.5, 0.6) is 5.75 Å². The van der Waals surface area contributed by atoms with E-state index in [0.29, 0.717) is 12.5 Å². The first-order valence-electron chi connectivity index (χ1n) is 7.86. The number of hydrogen-bond acceptors (Lipinski definition) is 3. The third-order valence-electron chi connectivity index (χ3n) is 4.62. The summed E-state index contributed by atoms with van der Waals surface area (Å²) < 4.78 is 17.3. The zero-order valence-electron chi connectivity index (χ0n) is 13.4. The molecule has 1 aliphatic carbocycles. The number of rotatable bonds is 4.